The van der Waals surface area contributed by atoms with Gasteiger partial charge in [0.05, 0.1) is 17.8 Å². The van der Waals surface area contributed by atoms with E-state index in [0.29, 0.717) is 6.54 Å². The number of aliphatic imine (C=N–C) groups is 1. The second kappa shape index (κ2) is 11.5. The summed E-state index contributed by atoms with van der Waals surface area (Å²) in [6.07, 6.45) is 0.902. The molecular formula is C24H36IN7. The monoisotopic (exact) mass is 549 g/mol. The third-order valence-electron chi connectivity index (χ3n) is 5.55. The molecule has 0 spiro atoms. The van der Waals surface area contributed by atoms with Crippen molar-refractivity contribution in [2.75, 3.05) is 25.5 Å². The summed E-state index contributed by atoms with van der Waals surface area (Å²) in [5.74, 6) is 1.76. The van der Waals surface area contributed by atoms with Crippen molar-refractivity contribution in [1.82, 2.24) is 25.4 Å². The molecular weight excluding hydrogens is 513 g/mol. The van der Waals surface area contributed by atoms with Crippen LogP contribution in [0, 0.1) is 13.8 Å². The normalized spacial score (nSPS) is 12.4. The van der Waals surface area contributed by atoms with E-state index in [1.807, 2.05) is 36.8 Å². The molecule has 2 aromatic heterocycles. The van der Waals surface area contributed by atoms with Gasteiger partial charge in [-0.1, -0.05) is 18.2 Å². The first kappa shape index (κ1) is 25.9. The van der Waals surface area contributed by atoms with Crippen molar-refractivity contribution in [3.8, 4) is 0 Å². The molecule has 1 aromatic carbocycles. The van der Waals surface area contributed by atoms with Gasteiger partial charge in [-0.3, -0.25) is 4.68 Å². The number of anilines is 1. The lowest BCUT2D eigenvalue weighted by Crippen LogP contribution is -2.43. The second-order valence-corrected chi connectivity index (χ2v) is 8.27. The Bertz CT molecular complexity index is 1070. The van der Waals surface area contributed by atoms with Crippen molar-refractivity contribution in [2.45, 2.75) is 46.7 Å². The SMILES string of the molecule is CCNC(=NCc1cc(N(C)C)nc2ccccc12)NC(C)Cc1c(C)nn(C)c1C.I. The van der Waals surface area contributed by atoms with E-state index >= 15 is 0 Å². The number of hydrogen-bond acceptors (Lipinski definition) is 4. The largest absolute Gasteiger partial charge is 0.363 e. The van der Waals surface area contributed by atoms with Crippen LogP contribution >= 0.6 is 24.0 Å². The van der Waals surface area contributed by atoms with Crippen molar-refractivity contribution < 1.29 is 0 Å². The summed E-state index contributed by atoms with van der Waals surface area (Å²) in [6, 6.07) is 10.6. The second-order valence-electron chi connectivity index (χ2n) is 8.27. The average Bonchev–Trinajstić information content (AvgIpc) is 2.97. The van der Waals surface area contributed by atoms with Gasteiger partial charge in [-0.15, -0.1) is 24.0 Å². The molecule has 174 valence electrons. The van der Waals surface area contributed by atoms with Gasteiger partial charge in [0.15, 0.2) is 5.96 Å². The number of aryl methyl sites for hydroxylation is 2. The minimum Gasteiger partial charge on any atom is -0.363 e. The highest BCUT2D eigenvalue weighted by molar-refractivity contribution is 14.0. The van der Waals surface area contributed by atoms with Gasteiger partial charge in [0.1, 0.15) is 5.82 Å². The van der Waals surface area contributed by atoms with Crippen LogP contribution in [0.5, 0.6) is 0 Å². The molecule has 8 heteroatoms. The highest BCUT2D eigenvalue weighted by Crippen LogP contribution is 2.22. The number of guanidine groups is 1. The maximum Gasteiger partial charge on any atom is 0.191 e. The smallest absolute Gasteiger partial charge is 0.191 e. The maximum absolute atomic E-state index is 4.89. The van der Waals surface area contributed by atoms with Crippen molar-refractivity contribution in [3.05, 3.63) is 52.8 Å². The van der Waals surface area contributed by atoms with Gasteiger partial charge in [-0.25, -0.2) is 9.98 Å². The van der Waals surface area contributed by atoms with Crippen LogP contribution in [0.2, 0.25) is 0 Å². The molecule has 0 aliphatic rings. The van der Waals surface area contributed by atoms with Crippen LogP contribution in [-0.2, 0) is 20.0 Å². The van der Waals surface area contributed by atoms with E-state index in [-0.39, 0.29) is 30.0 Å². The standard InChI is InChI=1S/C24H35N7.HI/c1-8-25-24(27-16(2)13-21-17(3)29-31(7)18(21)4)26-15-19-14-23(30(5)6)28-22-12-10-9-11-20(19)22;/h9-12,14,16H,8,13,15H2,1-7H3,(H2,25,26,27);1H. The molecule has 32 heavy (non-hydrogen) atoms. The number of pyridine rings is 1. The molecule has 3 rings (SSSR count). The summed E-state index contributed by atoms with van der Waals surface area (Å²) in [5.41, 5.74) is 5.77. The van der Waals surface area contributed by atoms with Crippen LogP contribution in [-0.4, -0.2) is 47.4 Å². The Morgan fingerprint density at radius 1 is 1.22 bits per heavy atom. The molecule has 0 saturated heterocycles. The lowest BCUT2D eigenvalue weighted by atomic mass is 10.1. The Kier molecular flexibility index (Phi) is 9.30. The topological polar surface area (TPSA) is 70.4 Å². The first-order chi connectivity index (χ1) is 14.8. The van der Waals surface area contributed by atoms with Gasteiger partial charge in [-0.05, 0) is 57.4 Å². The van der Waals surface area contributed by atoms with Crippen molar-refractivity contribution in [3.63, 3.8) is 0 Å². The van der Waals surface area contributed by atoms with Gasteiger partial charge < -0.3 is 15.5 Å². The molecule has 1 atom stereocenters. The minimum atomic E-state index is 0. The zero-order chi connectivity index (χ0) is 22.5. The summed E-state index contributed by atoms with van der Waals surface area (Å²) in [4.78, 5) is 11.7. The molecule has 0 amide bonds. The number of hydrogen-bond donors (Lipinski definition) is 2. The van der Waals surface area contributed by atoms with E-state index in [2.05, 4.69) is 67.7 Å². The van der Waals surface area contributed by atoms with Crippen molar-refractivity contribution in [1.29, 1.82) is 0 Å². The van der Waals surface area contributed by atoms with E-state index in [1.54, 1.807) is 0 Å². The number of nitrogens with zero attached hydrogens (tertiary/aromatic N) is 5. The zero-order valence-corrected chi connectivity index (χ0v) is 22.6. The highest BCUT2D eigenvalue weighted by Gasteiger charge is 2.14. The van der Waals surface area contributed by atoms with Gasteiger partial charge in [0.2, 0.25) is 0 Å². The Morgan fingerprint density at radius 3 is 2.56 bits per heavy atom. The Balaban J connectivity index is 0.00000363. The number of aromatic nitrogens is 3. The summed E-state index contributed by atoms with van der Waals surface area (Å²) in [6.45, 7) is 9.86. The summed E-state index contributed by atoms with van der Waals surface area (Å²) in [5, 5.41) is 12.6. The average molecular weight is 550 g/mol. The van der Waals surface area contributed by atoms with Crippen LogP contribution in [0.1, 0.15) is 36.4 Å². The molecule has 0 saturated carbocycles. The van der Waals surface area contributed by atoms with Gasteiger partial charge in [-0.2, -0.15) is 5.10 Å². The van der Waals surface area contributed by atoms with E-state index in [1.165, 1.54) is 11.3 Å². The molecule has 3 aromatic rings. The molecule has 7 nitrogen and oxygen atoms in total. The van der Waals surface area contributed by atoms with Gasteiger partial charge >= 0.3 is 0 Å². The molecule has 0 aliphatic heterocycles. The molecule has 0 bridgehead atoms. The molecule has 0 fully saturated rings. The third kappa shape index (κ3) is 6.11. The minimum absolute atomic E-state index is 0. The third-order valence-corrected chi connectivity index (χ3v) is 5.55. The van der Waals surface area contributed by atoms with Crippen molar-refractivity contribution in [2.24, 2.45) is 12.0 Å². The fourth-order valence-corrected chi connectivity index (χ4v) is 3.78. The Hall–Kier alpha value is -2.36. The van der Waals surface area contributed by atoms with E-state index in [0.717, 1.165) is 46.9 Å². The first-order valence-corrected chi connectivity index (χ1v) is 10.9. The fourth-order valence-electron chi connectivity index (χ4n) is 3.78. The van der Waals surface area contributed by atoms with E-state index in [9.17, 15) is 0 Å². The predicted octanol–water partition coefficient (Wildman–Crippen LogP) is 3.96. The number of rotatable bonds is 7. The first-order valence-electron chi connectivity index (χ1n) is 10.9. The number of para-hydroxylation sites is 1. The predicted molar refractivity (Wildman–Crippen MR) is 145 cm³/mol. The summed E-state index contributed by atoms with van der Waals surface area (Å²) in [7, 11) is 6.02. The van der Waals surface area contributed by atoms with Crippen LogP contribution in [0.3, 0.4) is 0 Å². The van der Waals surface area contributed by atoms with Crippen LogP contribution < -0.4 is 15.5 Å². The molecule has 2 N–H and O–H groups in total. The Labute approximate surface area is 208 Å². The van der Waals surface area contributed by atoms with Gasteiger partial charge in [0, 0.05) is 44.8 Å². The highest BCUT2D eigenvalue weighted by atomic mass is 127. The van der Waals surface area contributed by atoms with Crippen LogP contribution in [0.4, 0.5) is 5.82 Å². The maximum atomic E-state index is 4.89. The molecule has 0 radical (unpaired) electrons. The van der Waals surface area contributed by atoms with Crippen molar-refractivity contribution >= 4 is 46.7 Å². The summed E-state index contributed by atoms with van der Waals surface area (Å²) < 4.78 is 1.95. The zero-order valence-electron chi connectivity index (χ0n) is 20.2. The molecule has 0 aliphatic carbocycles. The molecule has 2 heterocycles. The molecule has 1 unspecified atom stereocenters. The summed E-state index contributed by atoms with van der Waals surface area (Å²) >= 11 is 0. The quantitative estimate of drug-likeness (QED) is 0.266. The van der Waals surface area contributed by atoms with E-state index in [4.69, 9.17) is 9.98 Å². The van der Waals surface area contributed by atoms with Crippen LogP contribution in [0.15, 0.2) is 35.3 Å². The lowest BCUT2D eigenvalue weighted by molar-refractivity contribution is 0.636. The van der Waals surface area contributed by atoms with E-state index < -0.39 is 0 Å². The number of nitrogens with one attached hydrogen (secondary N) is 2. The van der Waals surface area contributed by atoms with Crippen LogP contribution in [0.25, 0.3) is 10.9 Å². The fraction of sp³-hybridized carbons (Fsp3) is 0.458. The number of fused-ring (bicyclic) bond motifs is 1. The lowest BCUT2D eigenvalue weighted by Gasteiger charge is -2.19. The van der Waals surface area contributed by atoms with Gasteiger partial charge in [0.25, 0.3) is 0 Å². The Morgan fingerprint density at radius 2 is 1.94 bits per heavy atom. The number of halogens is 1. The number of benzene rings is 1.